The van der Waals surface area contributed by atoms with Gasteiger partial charge in [0.15, 0.2) is 0 Å². The van der Waals surface area contributed by atoms with Crippen LogP contribution in [-0.4, -0.2) is 93.1 Å². The van der Waals surface area contributed by atoms with E-state index in [1.807, 2.05) is 70.5 Å². The number of nitrogens with one attached hydrogen (secondary N) is 4. The third kappa shape index (κ3) is 9.39. The van der Waals surface area contributed by atoms with Crippen LogP contribution in [-0.2, 0) is 31.9 Å². The fourth-order valence-electron chi connectivity index (χ4n) is 8.52. The number of ether oxygens (including phenoxy) is 2. The summed E-state index contributed by atoms with van der Waals surface area (Å²) in [4.78, 5) is 72.3. The maximum atomic E-state index is 13.9. The van der Waals surface area contributed by atoms with Crippen LogP contribution in [0.25, 0.3) is 33.6 Å². The SMILES string of the molecule is COC(=O)N[C@H](Cc1ccccc1)C(=O)N1CCC[C@H]1c1ncc(-c2ccc(-c3ccc(-c4cnc([C@@H]5CCCN5C(=O)[C@@H](Cc5ccccc5)NC(=O)OC)[nH]4)cc3)cc2)[nH]1. The van der Waals surface area contributed by atoms with Crippen LogP contribution in [0.4, 0.5) is 9.59 Å². The fraction of sp³-hybridized carbons (Fsp3) is 0.292. The number of hydrogen-bond donors (Lipinski definition) is 4. The Labute approximate surface area is 360 Å². The number of imidazole rings is 2. The van der Waals surface area contributed by atoms with Gasteiger partial charge >= 0.3 is 12.2 Å². The average molecular weight is 835 g/mol. The number of nitrogens with zero attached hydrogens (tertiary/aromatic N) is 4. The zero-order chi connectivity index (χ0) is 43.0. The summed E-state index contributed by atoms with van der Waals surface area (Å²) in [5.41, 5.74) is 7.59. The van der Waals surface area contributed by atoms with Gasteiger partial charge in [0.1, 0.15) is 23.7 Å². The number of amides is 4. The van der Waals surface area contributed by atoms with Crippen molar-refractivity contribution in [2.45, 2.75) is 62.7 Å². The van der Waals surface area contributed by atoms with Crippen LogP contribution in [0, 0.1) is 0 Å². The molecule has 2 aromatic heterocycles. The number of carbonyl (C=O) groups is 4. The van der Waals surface area contributed by atoms with Gasteiger partial charge in [0, 0.05) is 25.9 Å². The third-order valence-corrected chi connectivity index (χ3v) is 11.7. The first-order valence-electron chi connectivity index (χ1n) is 21.0. The summed E-state index contributed by atoms with van der Waals surface area (Å²) in [5.74, 6) is 1.07. The number of aromatic amines is 2. The van der Waals surface area contributed by atoms with Gasteiger partial charge in [-0.05, 0) is 59.1 Å². The fourth-order valence-corrected chi connectivity index (χ4v) is 8.52. The molecule has 0 spiro atoms. The molecule has 4 heterocycles. The summed E-state index contributed by atoms with van der Waals surface area (Å²) in [6.07, 6.45) is 6.17. The summed E-state index contributed by atoms with van der Waals surface area (Å²) in [6, 6.07) is 33.7. The second kappa shape index (κ2) is 19.0. The smallest absolute Gasteiger partial charge is 0.407 e. The van der Waals surface area contributed by atoms with Crippen molar-refractivity contribution in [1.29, 1.82) is 0 Å². The largest absolute Gasteiger partial charge is 0.453 e. The lowest BCUT2D eigenvalue weighted by Crippen LogP contribution is -2.49. The Bertz CT molecular complexity index is 2300. The van der Waals surface area contributed by atoms with Crippen molar-refractivity contribution in [2.24, 2.45) is 0 Å². The van der Waals surface area contributed by atoms with Crippen LogP contribution >= 0.6 is 0 Å². The Hall–Kier alpha value is -7.22. The highest BCUT2D eigenvalue weighted by molar-refractivity contribution is 5.87. The average Bonchev–Trinajstić information content (AvgIpc) is 4.16. The van der Waals surface area contributed by atoms with E-state index in [1.165, 1.54) is 14.2 Å². The minimum Gasteiger partial charge on any atom is -0.453 e. The lowest BCUT2D eigenvalue weighted by molar-refractivity contribution is -0.135. The molecule has 0 saturated carbocycles. The highest BCUT2D eigenvalue weighted by atomic mass is 16.5. The maximum absolute atomic E-state index is 13.9. The van der Waals surface area contributed by atoms with Gasteiger partial charge in [0.2, 0.25) is 11.8 Å². The first-order chi connectivity index (χ1) is 30.3. The molecule has 2 aliphatic rings. The number of rotatable bonds is 13. The van der Waals surface area contributed by atoms with Crippen LogP contribution in [0.3, 0.4) is 0 Å². The van der Waals surface area contributed by atoms with E-state index < -0.39 is 24.3 Å². The lowest BCUT2D eigenvalue weighted by atomic mass is 10.0. The Morgan fingerprint density at radius 1 is 0.581 bits per heavy atom. The van der Waals surface area contributed by atoms with E-state index in [-0.39, 0.29) is 23.9 Å². The van der Waals surface area contributed by atoms with Crippen molar-refractivity contribution >= 4 is 24.0 Å². The zero-order valence-corrected chi connectivity index (χ0v) is 34.8. The Kier molecular flexibility index (Phi) is 12.7. The summed E-state index contributed by atoms with van der Waals surface area (Å²) >= 11 is 0. The van der Waals surface area contributed by atoms with Gasteiger partial charge in [-0.15, -0.1) is 0 Å². The summed E-state index contributed by atoms with van der Waals surface area (Å²) in [6.45, 7) is 1.13. The van der Waals surface area contributed by atoms with Gasteiger partial charge in [-0.25, -0.2) is 19.6 Å². The number of alkyl carbamates (subject to hydrolysis) is 2. The van der Waals surface area contributed by atoms with E-state index >= 15 is 0 Å². The molecule has 14 nitrogen and oxygen atoms in total. The molecule has 318 valence electrons. The van der Waals surface area contributed by atoms with Crippen molar-refractivity contribution in [3.05, 3.63) is 144 Å². The van der Waals surface area contributed by atoms with E-state index in [0.29, 0.717) is 37.6 Å². The van der Waals surface area contributed by atoms with Gasteiger partial charge in [-0.2, -0.15) is 0 Å². The number of methoxy groups -OCH3 is 2. The Morgan fingerprint density at radius 3 is 1.32 bits per heavy atom. The summed E-state index contributed by atoms with van der Waals surface area (Å²) in [5, 5.41) is 5.49. The number of H-pyrrole nitrogens is 2. The maximum Gasteiger partial charge on any atom is 0.407 e. The van der Waals surface area contributed by atoms with Crippen LogP contribution in [0.15, 0.2) is 122 Å². The zero-order valence-electron chi connectivity index (χ0n) is 34.8. The highest BCUT2D eigenvalue weighted by Gasteiger charge is 2.38. The van der Waals surface area contributed by atoms with Crippen LogP contribution in [0.1, 0.15) is 60.5 Å². The highest BCUT2D eigenvalue weighted by Crippen LogP contribution is 2.35. The molecule has 14 heteroatoms. The van der Waals surface area contributed by atoms with Crippen molar-refractivity contribution in [2.75, 3.05) is 27.3 Å². The first kappa shape index (κ1) is 41.5. The number of likely N-dealkylation sites (tertiary alicyclic amines) is 2. The molecule has 2 saturated heterocycles. The van der Waals surface area contributed by atoms with E-state index in [9.17, 15) is 19.2 Å². The molecule has 6 aromatic rings. The molecule has 0 unspecified atom stereocenters. The van der Waals surface area contributed by atoms with Crippen LogP contribution < -0.4 is 10.6 Å². The molecule has 4 amide bonds. The van der Waals surface area contributed by atoms with Crippen LogP contribution in [0.2, 0.25) is 0 Å². The summed E-state index contributed by atoms with van der Waals surface area (Å²) < 4.78 is 9.69. The van der Waals surface area contributed by atoms with Gasteiger partial charge in [-0.1, -0.05) is 109 Å². The van der Waals surface area contributed by atoms with Crippen molar-refractivity contribution in [3.8, 4) is 33.6 Å². The van der Waals surface area contributed by atoms with Gasteiger partial charge < -0.3 is 39.9 Å². The van der Waals surface area contributed by atoms with E-state index in [0.717, 1.165) is 70.5 Å². The molecule has 4 N–H and O–H groups in total. The predicted octanol–water partition coefficient (Wildman–Crippen LogP) is 7.40. The Morgan fingerprint density at radius 2 is 0.952 bits per heavy atom. The number of aromatic nitrogens is 4. The molecule has 0 radical (unpaired) electrons. The topological polar surface area (TPSA) is 175 Å². The van der Waals surface area contributed by atoms with Gasteiger partial charge in [0.25, 0.3) is 0 Å². The monoisotopic (exact) mass is 834 g/mol. The number of carbonyl (C=O) groups excluding carboxylic acids is 4. The molecule has 0 bridgehead atoms. The Balaban J connectivity index is 0.913. The quantitative estimate of drug-likeness (QED) is 0.0932. The van der Waals surface area contributed by atoms with Crippen molar-refractivity contribution < 1.29 is 28.7 Å². The van der Waals surface area contributed by atoms with Crippen LogP contribution in [0.5, 0.6) is 0 Å². The van der Waals surface area contributed by atoms with Crippen molar-refractivity contribution in [3.63, 3.8) is 0 Å². The third-order valence-electron chi connectivity index (χ3n) is 11.7. The molecule has 4 atom stereocenters. The minimum atomic E-state index is -0.776. The minimum absolute atomic E-state index is 0.172. The van der Waals surface area contributed by atoms with E-state index in [1.54, 1.807) is 12.4 Å². The van der Waals surface area contributed by atoms with E-state index in [4.69, 9.17) is 19.4 Å². The molecule has 8 rings (SSSR count). The molecule has 4 aromatic carbocycles. The molecule has 0 aliphatic carbocycles. The second-order valence-corrected chi connectivity index (χ2v) is 15.7. The second-order valence-electron chi connectivity index (χ2n) is 15.7. The molecular formula is C48H50N8O6. The number of hydrogen-bond acceptors (Lipinski definition) is 8. The number of benzene rings is 4. The van der Waals surface area contributed by atoms with Crippen molar-refractivity contribution in [1.82, 2.24) is 40.4 Å². The molecule has 62 heavy (non-hydrogen) atoms. The van der Waals surface area contributed by atoms with Gasteiger partial charge in [-0.3, -0.25) is 9.59 Å². The normalized spacial score (nSPS) is 17.0. The summed E-state index contributed by atoms with van der Waals surface area (Å²) in [7, 11) is 2.58. The van der Waals surface area contributed by atoms with Gasteiger partial charge in [0.05, 0.1) is 50.1 Å². The molecule has 2 fully saturated rings. The predicted molar refractivity (Wildman–Crippen MR) is 233 cm³/mol. The van der Waals surface area contributed by atoms with E-state index in [2.05, 4.69) is 69.1 Å². The molecular weight excluding hydrogens is 785 g/mol. The lowest BCUT2D eigenvalue weighted by Gasteiger charge is -2.28. The standard InChI is InChI=1S/C48H50N8O6/c1-61-47(59)53-37(27-31-11-5-3-6-12-31)45(57)55-25-9-15-41(55)43-49-29-39(51-43)35-21-17-33(18-22-35)34-19-23-36(24-20-34)40-30-50-44(52-40)42-16-10-26-56(42)46(58)38(54-48(60)62-2)28-32-13-7-4-8-14-32/h3-8,11-14,17-24,29-30,37-38,41-42H,9-10,15-16,25-28H2,1-2H3,(H,49,51)(H,50,52)(H,53,59)(H,54,60)/t37-,38-,41+,42+/m1/s1. The first-order valence-corrected chi connectivity index (χ1v) is 21.0. The molecule has 2 aliphatic heterocycles.